The van der Waals surface area contributed by atoms with E-state index in [0.717, 1.165) is 27.4 Å². The van der Waals surface area contributed by atoms with Crippen molar-refractivity contribution in [3.8, 4) is 0 Å². The van der Waals surface area contributed by atoms with E-state index in [9.17, 15) is 0 Å². The third-order valence-electron chi connectivity index (χ3n) is 2.57. The van der Waals surface area contributed by atoms with E-state index in [1.807, 2.05) is 19.9 Å². The van der Waals surface area contributed by atoms with E-state index in [-0.39, 0.29) is 0 Å². The van der Waals surface area contributed by atoms with E-state index in [4.69, 9.17) is 5.73 Å². The van der Waals surface area contributed by atoms with Crippen LogP contribution in [0.15, 0.2) is 22.9 Å². The topological polar surface area (TPSA) is 76.7 Å². The third-order valence-corrected chi connectivity index (χ3v) is 3.54. The molecule has 5 nitrogen and oxygen atoms in total. The van der Waals surface area contributed by atoms with Crippen LogP contribution in [-0.2, 0) is 6.54 Å². The van der Waals surface area contributed by atoms with Gasteiger partial charge in [-0.15, -0.1) is 0 Å². The van der Waals surface area contributed by atoms with Crippen LogP contribution in [0.2, 0.25) is 0 Å². The summed E-state index contributed by atoms with van der Waals surface area (Å²) in [7, 11) is 0. The molecule has 0 atom stereocenters. The predicted molar refractivity (Wildman–Crippen MR) is 75.2 cm³/mol. The summed E-state index contributed by atoms with van der Waals surface area (Å²) in [5.41, 5.74) is 8.35. The molecule has 0 amide bonds. The highest BCUT2D eigenvalue weighted by Gasteiger charge is 2.07. The molecule has 0 aliphatic carbocycles. The fourth-order valence-electron chi connectivity index (χ4n) is 1.49. The highest BCUT2D eigenvalue weighted by atomic mass is 79.9. The molecule has 0 radical (unpaired) electrons. The summed E-state index contributed by atoms with van der Waals surface area (Å²) in [5, 5.41) is 3.22. The van der Waals surface area contributed by atoms with Gasteiger partial charge in [-0.1, -0.05) is 0 Å². The number of hydrogen-bond donors (Lipinski definition) is 2. The second-order valence-corrected chi connectivity index (χ2v) is 4.74. The van der Waals surface area contributed by atoms with Gasteiger partial charge in [-0.3, -0.25) is 0 Å². The van der Waals surface area contributed by atoms with E-state index in [1.54, 1.807) is 12.4 Å². The van der Waals surface area contributed by atoms with Crippen molar-refractivity contribution < 1.29 is 0 Å². The van der Waals surface area contributed by atoms with Crippen molar-refractivity contribution >= 4 is 27.4 Å². The van der Waals surface area contributed by atoms with Gasteiger partial charge in [0, 0.05) is 6.20 Å². The Morgan fingerprint density at radius 1 is 1.33 bits per heavy atom. The minimum atomic E-state index is 0.596. The van der Waals surface area contributed by atoms with Crippen LogP contribution in [0.25, 0.3) is 0 Å². The maximum absolute atomic E-state index is 5.78. The number of anilines is 2. The van der Waals surface area contributed by atoms with Gasteiger partial charge in [-0.25, -0.2) is 15.0 Å². The summed E-state index contributed by atoms with van der Waals surface area (Å²) in [5.74, 6) is 1.52. The number of pyridine rings is 1. The molecule has 2 rings (SSSR count). The Labute approximate surface area is 114 Å². The van der Waals surface area contributed by atoms with Gasteiger partial charge in [0.1, 0.15) is 11.6 Å². The number of aryl methyl sites for hydroxylation is 1. The van der Waals surface area contributed by atoms with Gasteiger partial charge in [0.15, 0.2) is 0 Å². The van der Waals surface area contributed by atoms with Gasteiger partial charge < -0.3 is 11.1 Å². The minimum absolute atomic E-state index is 0.596. The maximum Gasteiger partial charge on any atom is 0.141 e. The summed E-state index contributed by atoms with van der Waals surface area (Å²) in [6.07, 6.45) is 3.39. The Morgan fingerprint density at radius 3 is 2.83 bits per heavy atom. The molecule has 94 valence electrons. The molecule has 0 bridgehead atoms. The second-order valence-electron chi connectivity index (χ2n) is 3.95. The fourth-order valence-corrected chi connectivity index (χ4v) is 1.96. The highest BCUT2D eigenvalue weighted by molar-refractivity contribution is 9.10. The molecule has 18 heavy (non-hydrogen) atoms. The van der Waals surface area contributed by atoms with Gasteiger partial charge in [0.05, 0.1) is 28.6 Å². The molecule has 0 unspecified atom stereocenters. The first-order valence-corrected chi connectivity index (χ1v) is 6.30. The lowest BCUT2D eigenvalue weighted by atomic mass is 10.2. The van der Waals surface area contributed by atoms with E-state index in [2.05, 4.69) is 36.2 Å². The minimum Gasteiger partial charge on any atom is -0.397 e. The van der Waals surface area contributed by atoms with Gasteiger partial charge in [-0.05, 0) is 41.4 Å². The SMILES string of the molecule is Cc1nccc(CNc2ncc(N)c(C)c2Br)n1. The lowest BCUT2D eigenvalue weighted by Gasteiger charge is -2.10. The van der Waals surface area contributed by atoms with Crippen molar-refractivity contribution in [2.75, 3.05) is 11.1 Å². The number of aromatic nitrogens is 3. The predicted octanol–water partition coefficient (Wildman–Crippen LogP) is 2.45. The smallest absolute Gasteiger partial charge is 0.141 e. The Hall–Kier alpha value is -1.69. The third kappa shape index (κ3) is 2.76. The fraction of sp³-hybridized carbons (Fsp3) is 0.250. The molecule has 0 fully saturated rings. The molecule has 0 aromatic carbocycles. The van der Waals surface area contributed by atoms with E-state index in [1.165, 1.54) is 0 Å². The zero-order valence-electron chi connectivity index (χ0n) is 10.2. The number of nitrogens with zero attached hydrogens (tertiary/aromatic N) is 3. The van der Waals surface area contributed by atoms with Gasteiger partial charge in [0.2, 0.25) is 0 Å². The van der Waals surface area contributed by atoms with Crippen LogP contribution < -0.4 is 11.1 Å². The summed E-state index contributed by atoms with van der Waals surface area (Å²) in [6.45, 7) is 4.41. The molecule has 0 saturated carbocycles. The zero-order valence-corrected chi connectivity index (χ0v) is 11.8. The number of nitrogen functional groups attached to an aromatic ring is 1. The Bertz CT molecular complexity index is 570. The Kier molecular flexibility index (Phi) is 3.76. The molecule has 6 heteroatoms. The Balaban J connectivity index is 2.14. The first kappa shape index (κ1) is 12.8. The van der Waals surface area contributed by atoms with Gasteiger partial charge >= 0.3 is 0 Å². The van der Waals surface area contributed by atoms with Crippen molar-refractivity contribution in [1.29, 1.82) is 0 Å². The molecule has 0 aliphatic heterocycles. The summed E-state index contributed by atoms with van der Waals surface area (Å²) in [4.78, 5) is 12.6. The number of rotatable bonds is 3. The van der Waals surface area contributed by atoms with Crippen molar-refractivity contribution in [3.05, 3.63) is 40.0 Å². The molecular weight excluding hydrogens is 294 g/mol. The first-order chi connectivity index (χ1) is 8.58. The van der Waals surface area contributed by atoms with Crippen LogP contribution in [0.1, 0.15) is 17.1 Å². The molecular formula is C12H14BrN5. The molecule has 2 aromatic heterocycles. The van der Waals surface area contributed by atoms with Gasteiger partial charge in [0.25, 0.3) is 0 Å². The largest absolute Gasteiger partial charge is 0.397 e. The van der Waals surface area contributed by atoms with Crippen LogP contribution in [0.5, 0.6) is 0 Å². The van der Waals surface area contributed by atoms with E-state index in [0.29, 0.717) is 12.2 Å². The molecule has 2 aromatic rings. The van der Waals surface area contributed by atoms with Crippen LogP contribution >= 0.6 is 15.9 Å². The lowest BCUT2D eigenvalue weighted by Crippen LogP contribution is -2.06. The first-order valence-electron chi connectivity index (χ1n) is 5.51. The van der Waals surface area contributed by atoms with Crippen molar-refractivity contribution in [2.45, 2.75) is 20.4 Å². The average Bonchev–Trinajstić information content (AvgIpc) is 2.35. The number of nitrogens with two attached hydrogens (primary N) is 1. The van der Waals surface area contributed by atoms with Crippen LogP contribution in [0.4, 0.5) is 11.5 Å². The molecule has 0 saturated heterocycles. The van der Waals surface area contributed by atoms with Crippen LogP contribution in [-0.4, -0.2) is 15.0 Å². The summed E-state index contributed by atoms with van der Waals surface area (Å²) >= 11 is 3.48. The molecule has 2 heterocycles. The number of nitrogens with one attached hydrogen (secondary N) is 1. The van der Waals surface area contributed by atoms with Crippen LogP contribution in [0.3, 0.4) is 0 Å². The van der Waals surface area contributed by atoms with Crippen molar-refractivity contribution in [2.24, 2.45) is 0 Å². The monoisotopic (exact) mass is 307 g/mol. The molecule has 3 N–H and O–H groups in total. The molecule has 0 aliphatic rings. The number of halogens is 1. The lowest BCUT2D eigenvalue weighted by molar-refractivity contribution is 0.948. The van der Waals surface area contributed by atoms with E-state index >= 15 is 0 Å². The number of hydrogen-bond acceptors (Lipinski definition) is 5. The average molecular weight is 308 g/mol. The van der Waals surface area contributed by atoms with Crippen LogP contribution in [0, 0.1) is 13.8 Å². The van der Waals surface area contributed by atoms with Gasteiger partial charge in [-0.2, -0.15) is 0 Å². The quantitative estimate of drug-likeness (QED) is 0.911. The highest BCUT2D eigenvalue weighted by Crippen LogP contribution is 2.27. The van der Waals surface area contributed by atoms with Crippen molar-refractivity contribution in [1.82, 2.24) is 15.0 Å². The summed E-state index contributed by atoms with van der Waals surface area (Å²) in [6, 6.07) is 1.87. The normalized spacial score (nSPS) is 10.4. The standard InChI is InChI=1S/C12H14BrN5/c1-7-10(14)6-17-12(11(7)13)16-5-9-3-4-15-8(2)18-9/h3-4,6H,5,14H2,1-2H3,(H,16,17). The molecule has 0 spiro atoms. The Morgan fingerprint density at radius 2 is 2.11 bits per heavy atom. The second kappa shape index (κ2) is 5.30. The summed E-state index contributed by atoms with van der Waals surface area (Å²) < 4.78 is 0.883. The maximum atomic E-state index is 5.78. The zero-order chi connectivity index (χ0) is 13.1. The van der Waals surface area contributed by atoms with E-state index < -0.39 is 0 Å². The van der Waals surface area contributed by atoms with Crippen molar-refractivity contribution in [3.63, 3.8) is 0 Å².